The van der Waals surface area contributed by atoms with Gasteiger partial charge in [-0.3, -0.25) is 0 Å². The third-order valence-corrected chi connectivity index (χ3v) is 6.80. The Morgan fingerprint density at radius 1 is 0.935 bits per heavy atom. The van der Waals surface area contributed by atoms with E-state index in [1.165, 1.54) is 4.31 Å². The second kappa shape index (κ2) is 9.45. The van der Waals surface area contributed by atoms with Crippen LogP contribution in [0.15, 0.2) is 65.1 Å². The number of rotatable bonds is 7. The number of aryl methyl sites for hydroxylation is 1. The zero-order valence-corrected chi connectivity index (χ0v) is 18.5. The molecular formula is C23H25NO6S. The van der Waals surface area contributed by atoms with E-state index in [1.54, 1.807) is 68.5 Å². The lowest BCUT2D eigenvalue weighted by atomic mass is 9.99. The zero-order chi connectivity index (χ0) is 22.6. The van der Waals surface area contributed by atoms with E-state index in [0.717, 1.165) is 5.56 Å². The van der Waals surface area contributed by atoms with E-state index in [2.05, 4.69) is 0 Å². The summed E-state index contributed by atoms with van der Waals surface area (Å²) < 4.78 is 38.2. The molecule has 2 aromatic carbocycles. The smallest absolute Gasteiger partial charge is 0.338 e. The molecule has 0 spiro atoms. The van der Waals surface area contributed by atoms with Gasteiger partial charge in [0.25, 0.3) is 0 Å². The highest BCUT2D eigenvalue weighted by Crippen LogP contribution is 2.38. The van der Waals surface area contributed by atoms with Crippen molar-refractivity contribution < 1.29 is 27.5 Å². The van der Waals surface area contributed by atoms with Gasteiger partial charge in [-0.2, -0.15) is 4.31 Å². The molecule has 1 heterocycles. The van der Waals surface area contributed by atoms with Crippen LogP contribution >= 0.6 is 0 Å². The van der Waals surface area contributed by atoms with E-state index in [-0.39, 0.29) is 30.2 Å². The van der Waals surface area contributed by atoms with E-state index in [9.17, 15) is 18.0 Å². The molecule has 7 nitrogen and oxygen atoms in total. The van der Waals surface area contributed by atoms with Gasteiger partial charge in [0.1, 0.15) is 0 Å². The van der Waals surface area contributed by atoms with Crippen LogP contribution in [-0.4, -0.2) is 44.4 Å². The molecule has 3 rings (SSSR count). The van der Waals surface area contributed by atoms with Crippen molar-refractivity contribution in [3.63, 3.8) is 0 Å². The average molecular weight is 444 g/mol. The van der Waals surface area contributed by atoms with E-state index in [4.69, 9.17) is 9.47 Å². The maximum atomic E-state index is 13.4. The highest BCUT2D eigenvalue weighted by Gasteiger charge is 2.41. The predicted molar refractivity (Wildman–Crippen MR) is 115 cm³/mol. The Morgan fingerprint density at radius 2 is 1.52 bits per heavy atom. The molecule has 8 heteroatoms. The van der Waals surface area contributed by atoms with E-state index in [0.29, 0.717) is 11.1 Å². The van der Waals surface area contributed by atoms with Gasteiger partial charge in [-0.05, 0) is 50.6 Å². The number of esters is 2. The van der Waals surface area contributed by atoms with Crippen LogP contribution in [-0.2, 0) is 24.3 Å². The molecule has 0 saturated heterocycles. The number of carbonyl (C=O) groups excluding carboxylic acids is 2. The van der Waals surface area contributed by atoms with E-state index < -0.39 is 28.0 Å². The van der Waals surface area contributed by atoms with Gasteiger partial charge in [0.15, 0.2) is 0 Å². The summed E-state index contributed by atoms with van der Waals surface area (Å²) in [6, 6.07) is 12.1. The van der Waals surface area contributed by atoms with Crippen LogP contribution in [0.25, 0.3) is 0 Å². The van der Waals surface area contributed by atoms with Crippen molar-refractivity contribution in [3.05, 3.63) is 76.9 Å². The molecule has 0 aromatic heterocycles. The number of carbonyl (C=O) groups is 2. The molecule has 0 aliphatic carbocycles. The van der Waals surface area contributed by atoms with Crippen molar-refractivity contribution in [3.8, 4) is 0 Å². The Kier molecular flexibility index (Phi) is 6.92. The third-order valence-electron chi connectivity index (χ3n) is 4.95. The zero-order valence-electron chi connectivity index (χ0n) is 17.7. The lowest BCUT2D eigenvalue weighted by Gasteiger charge is -2.26. The first-order chi connectivity index (χ1) is 14.8. The van der Waals surface area contributed by atoms with Gasteiger partial charge in [0.05, 0.1) is 35.3 Å². The fraction of sp³-hybridized carbons (Fsp3) is 0.304. The Labute approximate surface area is 182 Å². The van der Waals surface area contributed by atoms with Crippen LogP contribution in [0.5, 0.6) is 0 Å². The summed E-state index contributed by atoms with van der Waals surface area (Å²) in [6.45, 7) is 5.75. The van der Waals surface area contributed by atoms with Gasteiger partial charge in [-0.1, -0.05) is 35.9 Å². The minimum absolute atomic E-state index is 0.0364. The molecule has 0 fully saturated rings. The molecule has 164 valence electrons. The third kappa shape index (κ3) is 4.70. The first-order valence-electron chi connectivity index (χ1n) is 10.0. The van der Waals surface area contributed by atoms with Crippen LogP contribution in [0.3, 0.4) is 0 Å². The Bertz CT molecular complexity index is 1090. The van der Waals surface area contributed by atoms with Crippen LogP contribution in [0.2, 0.25) is 0 Å². The lowest BCUT2D eigenvalue weighted by Crippen LogP contribution is -2.33. The minimum atomic E-state index is -3.89. The second-order valence-corrected chi connectivity index (χ2v) is 8.90. The van der Waals surface area contributed by atoms with Crippen LogP contribution < -0.4 is 0 Å². The molecule has 1 unspecified atom stereocenters. The molecule has 2 aromatic rings. The highest BCUT2D eigenvalue weighted by molar-refractivity contribution is 7.89. The standard InChI is InChI=1S/C23H25NO6S/c1-4-29-22(25)18-10-8-17(9-11-18)21-20(23(26)30-5-2)14-15-24(21)31(27,28)19-12-6-16(3)7-13-19/h6-14,21H,4-5,15H2,1-3H3. The number of nitrogens with zero attached hydrogens (tertiary/aromatic N) is 1. The largest absolute Gasteiger partial charge is 0.463 e. The first-order valence-corrected chi connectivity index (χ1v) is 11.5. The Morgan fingerprint density at radius 3 is 2.10 bits per heavy atom. The normalized spacial score (nSPS) is 16.6. The Hall–Kier alpha value is -2.97. The fourth-order valence-electron chi connectivity index (χ4n) is 3.41. The first kappa shape index (κ1) is 22.7. The minimum Gasteiger partial charge on any atom is -0.463 e. The van der Waals surface area contributed by atoms with Crippen molar-refractivity contribution in [1.29, 1.82) is 0 Å². The summed E-state index contributed by atoms with van der Waals surface area (Å²) in [5, 5.41) is 0. The van der Waals surface area contributed by atoms with Crippen molar-refractivity contribution in [1.82, 2.24) is 4.31 Å². The second-order valence-electron chi connectivity index (χ2n) is 7.01. The van der Waals surface area contributed by atoms with Crippen molar-refractivity contribution in [2.45, 2.75) is 31.7 Å². The van der Waals surface area contributed by atoms with Gasteiger partial charge in [-0.25, -0.2) is 18.0 Å². The molecule has 1 atom stereocenters. The number of hydrogen-bond donors (Lipinski definition) is 0. The van der Waals surface area contributed by atoms with Crippen molar-refractivity contribution in [2.24, 2.45) is 0 Å². The Balaban J connectivity index is 2.01. The summed E-state index contributed by atoms with van der Waals surface area (Å²) in [4.78, 5) is 24.7. The quantitative estimate of drug-likeness (QED) is 0.609. The molecule has 0 N–H and O–H groups in total. The predicted octanol–water partition coefficient (Wildman–Crippen LogP) is 3.41. The van der Waals surface area contributed by atoms with Gasteiger partial charge >= 0.3 is 11.9 Å². The summed E-state index contributed by atoms with van der Waals surface area (Å²) in [5.41, 5.74) is 2.09. The van der Waals surface area contributed by atoms with Crippen LogP contribution in [0.4, 0.5) is 0 Å². The van der Waals surface area contributed by atoms with E-state index in [1.807, 2.05) is 6.92 Å². The van der Waals surface area contributed by atoms with Crippen molar-refractivity contribution >= 4 is 22.0 Å². The van der Waals surface area contributed by atoms with Gasteiger partial charge in [0.2, 0.25) is 10.0 Å². The summed E-state index contributed by atoms with van der Waals surface area (Å²) in [7, 11) is -3.89. The molecule has 0 radical (unpaired) electrons. The average Bonchev–Trinajstić information content (AvgIpc) is 3.21. The number of sulfonamides is 1. The maximum Gasteiger partial charge on any atom is 0.338 e. The molecule has 1 aliphatic rings. The number of ether oxygens (including phenoxy) is 2. The van der Waals surface area contributed by atoms with Gasteiger partial charge in [-0.15, -0.1) is 0 Å². The number of benzene rings is 2. The SMILES string of the molecule is CCOC(=O)C1=CCN(S(=O)(=O)c2ccc(C)cc2)C1c1ccc(C(=O)OCC)cc1. The molecular weight excluding hydrogens is 418 g/mol. The lowest BCUT2D eigenvalue weighted by molar-refractivity contribution is -0.138. The topological polar surface area (TPSA) is 90.0 Å². The molecule has 0 amide bonds. The summed E-state index contributed by atoms with van der Waals surface area (Å²) in [5.74, 6) is -1.03. The van der Waals surface area contributed by atoms with Crippen molar-refractivity contribution in [2.75, 3.05) is 19.8 Å². The highest BCUT2D eigenvalue weighted by atomic mass is 32.2. The van der Waals surface area contributed by atoms with Crippen LogP contribution in [0, 0.1) is 6.92 Å². The fourth-order valence-corrected chi connectivity index (χ4v) is 4.95. The molecule has 1 aliphatic heterocycles. The maximum absolute atomic E-state index is 13.4. The van der Waals surface area contributed by atoms with E-state index >= 15 is 0 Å². The molecule has 0 saturated carbocycles. The molecule has 0 bridgehead atoms. The monoisotopic (exact) mass is 443 g/mol. The van der Waals surface area contributed by atoms with Gasteiger partial charge in [0, 0.05) is 6.54 Å². The summed E-state index contributed by atoms with van der Waals surface area (Å²) in [6.07, 6.45) is 1.58. The summed E-state index contributed by atoms with van der Waals surface area (Å²) >= 11 is 0. The van der Waals surface area contributed by atoms with Gasteiger partial charge < -0.3 is 9.47 Å². The molecule has 31 heavy (non-hydrogen) atoms. The number of hydrogen-bond acceptors (Lipinski definition) is 6. The van der Waals surface area contributed by atoms with Crippen LogP contribution in [0.1, 0.15) is 41.4 Å².